The summed E-state index contributed by atoms with van der Waals surface area (Å²) in [5, 5.41) is 3.51. The van der Waals surface area contributed by atoms with Crippen molar-refractivity contribution in [3.8, 4) is 0 Å². The van der Waals surface area contributed by atoms with Gasteiger partial charge >= 0.3 is 0 Å². The van der Waals surface area contributed by atoms with Gasteiger partial charge < -0.3 is 5.32 Å². The van der Waals surface area contributed by atoms with E-state index in [1.165, 1.54) is 11.3 Å². The van der Waals surface area contributed by atoms with Gasteiger partial charge in [0.15, 0.2) is 0 Å². The topological polar surface area (TPSA) is 28.2 Å². The van der Waals surface area contributed by atoms with Crippen molar-refractivity contribution in [2.75, 3.05) is 19.6 Å². The Balaban J connectivity index is 1.99. The predicted molar refractivity (Wildman–Crippen MR) is 68.6 cm³/mol. The molecule has 0 bridgehead atoms. The Hall–Kier alpha value is -0.450. The molecule has 2 atom stereocenters. The molecule has 1 aliphatic rings. The van der Waals surface area contributed by atoms with Gasteiger partial charge in [-0.1, -0.05) is 20.3 Å². The third-order valence-electron chi connectivity index (χ3n) is 3.54. The highest BCUT2D eigenvalue weighted by atomic mass is 32.1. The van der Waals surface area contributed by atoms with Gasteiger partial charge in [0.1, 0.15) is 0 Å². The van der Waals surface area contributed by atoms with Crippen molar-refractivity contribution in [3.05, 3.63) is 16.6 Å². The highest BCUT2D eigenvalue weighted by Gasteiger charge is 2.26. The van der Waals surface area contributed by atoms with Crippen molar-refractivity contribution in [2.24, 2.45) is 5.92 Å². The highest BCUT2D eigenvalue weighted by Crippen LogP contribution is 2.20. The number of hydrogen-bond donors (Lipinski definition) is 1. The summed E-state index contributed by atoms with van der Waals surface area (Å²) in [6, 6.07) is 0.681. The average Bonchev–Trinajstić information content (AvgIpc) is 2.82. The third-order valence-corrected chi connectivity index (χ3v) is 4.31. The monoisotopic (exact) mass is 239 g/mol. The van der Waals surface area contributed by atoms with E-state index >= 15 is 0 Å². The van der Waals surface area contributed by atoms with Crippen molar-refractivity contribution in [1.82, 2.24) is 15.2 Å². The first-order valence-electron chi connectivity index (χ1n) is 6.13. The number of aromatic nitrogens is 1. The minimum absolute atomic E-state index is 0.681. The Bertz CT molecular complexity index is 299. The zero-order valence-corrected chi connectivity index (χ0v) is 11.0. The number of piperazine rings is 1. The zero-order valence-electron chi connectivity index (χ0n) is 10.1. The molecule has 1 fully saturated rings. The number of nitrogens with zero attached hydrogens (tertiary/aromatic N) is 2. The van der Waals surface area contributed by atoms with Gasteiger partial charge in [0.25, 0.3) is 0 Å². The number of nitrogens with one attached hydrogen (secondary N) is 1. The number of thiazole rings is 1. The van der Waals surface area contributed by atoms with E-state index < -0.39 is 0 Å². The minimum Gasteiger partial charge on any atom is -0.314 e. The van der Waals surface area contributed by atoms with E-state index in [4.69, 9.17) is 0 Å². The maximum atomic E-state index is 4.15. The fourth-order valence-corrected chi connectivity index (χ4v) is 2.94. The minimum atomic E-state index is 0.681. The molecule has 2 heterocycles. The van der Waals surface area contributed by atoms with E-state index in [-0.39, 0.29) is 0 Å². The maximum Gasteiger partial charge on any atom is 0.0794 e. The first-order valence-corrected chi connectivity index (χ1v) is 7.01. The molecule has 2 unspecified atom stereocenters. The van der Waals surface area contributed by atoms with Crippen LogP contribution >= 0.6 is 11.3 Å². The summed E-state index contributed by atoms with van der Waals surface area (Å²) < 4.78 is 0. The highest BCUT2D eigenvalue weighted by molar-refractivity contribution is 7.09. The predicted octanol–water partition coefficient (Wildman–Crippen LogP) is 1.96. The zero-order chi connectivity index (χ0) is 11.4. The molecular weight excluding hydrogens is 218 g/mol. The summed E-state index contributed by atoms with van der Waals surface area (Å²) in [6.45, 7) is 9.12. The summed E-state index contributed by atoms with van der Waals surface area (Å²) in [5.41, 5.74) is 1.93. The summed E-state index contributed by atoms with van der Waals surface area (Å²) in [4.78, 5) is 8.15. The Morgan fingerprint density at radius 3 is 3.25 bits per heavy atom. The Labute approximate surface area is 102 Å². The van der Waals surface area contributed by atoms with Crippen LogP contribution in [-0.4, -0.2) is 35.6 Å². The van der Waals surface area contributed by atoms with E-state index in [2.05, 4.69) is 29.0 Å². The van der Waals surface area contributed by atoms with E-state index in [9.17, 15) is 0 Å². The van der Waals surface area contributed by atoms with Gasteiger partial charge in [0.2, 0.25) is 0 Å². The van der Waals surface area contributed by atoms with E-state index in [0.717, 1.165) is 32.1 Å². The van der Waals surface area contributed by atoms with Gasteiger partial charge in [-0.15, -0.1) is 11.3 Å². The van der Waals surface area contributed by atoms with E-state index in [1.807, 2.05) is 11.7 Å². The van der Waals surface area contributed by atoms with Crippen LogP contribution in [-0.2, 0) is 6.54 Å². The molecule has 0 saturated carbocycles. The quantitative estimate of drug-likeness (QED) is 0.870. The van der Waals surface area contributed by atoms with Crippen LogP contribution in [0.1, 0.15) is 25.1 Å². The van der Waals surface area contributed by atoms with Crippen LogP contribution in [0, 0.1) is 5.92 Å². The van der Waals surface area contributed by atoms with Gasteiger partial charge in [0.05, 0.1) is 5.51 Å². The van der Waals surface area contributed by atoms with Crippen LogP contribution in [0.5, 0.6) is 0 Å². The van der Waals surface area contributed by atoms with Crippen LogP contribution in [0.4, 0.5) is 0 Å². The molecule has 0 spiro atoms. The van der Waals surface area contributed by atoms with Gasteiger partial charge in [-0.2, -0.15) is 0 Å². The van der Waals surface area contributed by atoms with Crippen molar-refractivity contribution in [3.63, 3.8) is 0 Å². The lowest BCUT2D eigenvalue weighted by Gasteiger charge is -2.39. The number of rotatable bonds is 4. The van der Waals surface area contributed by atoms with Crippen LogP contribution in [0.15, 0.2) is 11.7 Å². The summed E-state index contributed by atoms with van der Waals surface area (Å²) in [6.07, 6.45) is 3.26. The Kier molecular flexibility index (Phi) is 4.32. The SMILES string of the molecule is CCC(C)C1CNCCN1Cc1cncs1. The van der Waals surface area contributed by atoms with Crippen molar-refractivity contribution >= 4 is 11.3 Å². The first kappa shape index (κ1) is 12.0. The fourth-order valence-electron chi connectivity index (χ4n) is 2.32. The molecule has 1 N–H and O–H groups in total. The molecule has 90 valence electrons. The fraction of sp³-hybridized carbons (Fsp3) is 0.750. The molecule has 2 rings (SSSR count). The first-order chi connectivity index (χ1) is 7.81. The van der Waals surface area contributed by atoms with Crippen molar-refractivity contribution in [1.29, 1.82) is 0 Å². The molecule has 0 radical (unpaired) electrons. The lowest BCUT2D eigenvalue weighted by Crippen LogP contribution is -2.53. The van der Waals surface area contributed by atoms with Gasteiger partial charge in [-0.25, -0.2) is 0 Å². The van der Waals surface area contributed by atoms with Crippen LogP contribution in [0.2, 0.25) is 0 Å². The van der Waals surface area contributed by atoms with Crippen LogP contribution in [0.3, 0.4) is 0 Å². The van der Waals surface area contributed by atoms with Gasteiger partial charge in [-0.3, -0.25) is 9.88 Å². The Morgan fingerprint density at radius 1 is 1.69 bits per heavy atom. The molecule has 0 aromatic carbocycles. The molecule has 0 amide bonds. The molecule has 1 aliphatic heterocycles. The smallest absolute Gasteiger partial charge is 0.0794 e. The largest absolute Gasteiger partial charge is 0.314 e. The molecule has 3 nitrogen and oxygen atoms in total. The molecule has 1 saturated heterocycles. The van der Waals surface area contributed by atoms with Crippen LogP contribution in [0.25, 0.3) is 0 Å². The van der Waals surface area contributed by atoms with Gasteiger partial charge in [0, 0.05) is 43.3 Å². The lowest BCUT2D eigenvalue weighted by molar-refractivity contribution is 0.110. The maximum absolute atomic E-state index is 4.15. The average molecular weight is 239 g/mol. The normalized spacial score (nSPS) is 24.5. The number of hydrogen-bond acceptors (Lipinski definition) is 4. The van der Waals surface area contributed by atoms with Crippen molar-refractivity contribution in [2.45, 2.75) is 32.9 Å². The standard InChI is InChI=1S/C12H21N3S/c1-3-10(2)12-7-13-4-5-15(12)8-11-6-14-9-16-11/h6,9-10,12-13H,3-5,7-8H2,1-2H3. The summed E-state index contributed by atoms with van der Waals surface area (Å²) in [5.74, 6) is 0.765. The van der Waals surface area contributed by atoms with Gasteiger partial charge in [-0.05, 0) is 5.92 Å². The molecule has 4 heteroatoms. The van der Waals surface area contributed by atoms with Crippen LogP contribution < -0.4 is 5.32 Å². The summed E-state index contributed by atoms with van der Waals surface area (Å²) >= 11 is 1.76. The Morgan fingerprint density at radius 2 is 2.56 bits per heavy atom. The lowest BCUT2D eigenvalue weighted by atomic mass is 9.96. The molecule has 1 aromatic rings. The molecule has 16 heavy (non-hydrogen) atoms. The van der Waals surface area contributed by atoms with E-state index in [0.29, 0.717) is 6.04 Å². The second kappa shape index (κ2) is 5.75. The van der Waals surface area contributed by atoms with Crippen molar-refractivity contribution < 1.29 is 0 Å². The second-order valence-electron chi connectivity index (χ2n) is 4.60. The molecule has 0 aliphatic carbocycles. The molecular formula is C12H21N3S. The third kappa shape index (κ3) is 2.81. The van der Waals surface area contributed by atoms with E-state index in [1.54, 1.807) is 11.3 Å². The second-order valence-corrected chi connectivity index (χ2v) is 5.57. The molecule has 1 aromatic heterocycles. The summed E-state index contributed by atoms with van der Waals surface area (Å²) in [7, 11) is 0.